The highest BCUT2D eigenvalue weighted by Gasteiger charge is 2.21. The molecule has 102 valence electrons. The molecule has 0 radical (unpaired) electrons. The van der Waals surface area contributed by atoms with Crippen molar-refractivity contribution in [3.8, 4) is 6.07 Å². The quantitative estimate of drug-likeness (QED) is 0.873. The molecule has 0 atom stereocenters. The molecule has 0 unspecified atom stereocenters. The van der Waals surface area contributed by atoms with Crippen LogP contribution in [-0.2, 0) is 10.0 Å². The van der Waals surface area contributed by atoms with E-state index in [2.05, 4.69) is 14.7 Å². The van der Waals surface area contributed by atoms with Crippen LogP contribution in [0.4, 0.5) is 5.69 Å². The first-order valence-electron chi connectivity index (χ1n) is 5.13. The molecule has 0 saturated heterocycles. The van der Waals surface area contributed by atoms with Gasteiger partial charge in [-0.3, -0.25) is 4.72 Å². The summed E-state index contributed by atoms with van der Waals surface area (Å²) >= 11 is 11.5. The fourth-order valence-corrected chi connectivity index (χ4v) is 3.17. The van der Waals surface area contributed by atoms with Gasteiger partial charge in [-0.25, -0.2) is 18.4 Å². The van der Waals surface area contributed by atoms with Gasteiger partial charge in [0, 0.05) is 0 Å². The molecule has 2 aromatic rings. The smallest absolute Gasteiger partial charge is 0.263 e. The fraction of sp³-hybridized carbons (Fsp3) is 0. The second-order valence-electron chi connectivity index (χ2n) is 3.54. The van der Waals surface area contributed by atoms with Gasteiger partial charge in [0.25, 0.3) is 10.0 Å². The molecule has 0 fully saturated rings. The van der Waals surface area contributed by atoms with Gasteiger partial charge < -0.3 is 0 Å². The van der Waals surface area contributed by atoms with Crippen molar-refractivity contribution in [3.05, 3.63) is 46.5 Å². The lowest BCUT2D eigenvalue weighted by atomic mass is 10.2. The van der Waals surface area contributed by atoms with Gasteiger partial charge >= 0.3 is 0 Å². The van der Waals surface area contributed by atoms with E-state index in [4.69, 9.17) is 28.5 Å². The van der Waals surface area contributed by atoms with Crippen molar-refractivity contribution in [2.45, 2.75) is 4.90 Å². The number of nitriles is 1. The molecule has 6 nitrogen and oxygen atoms in total. The summed E-state index contributed by atoms with van der Waals surface area (Å²) in [7, 11) is -4.02. The topological polar surface area (TPSA) is 95.7 Å². The molecular formula is C11H6Cl2N4O2S. The minimum Gasteiger partial charge on any atom is -0.274 e. The zero-order valence-corrected chi connectivity index (χ0v) is 12.0. The first kappa shape index (κ1) is 14.5. The summed E-state index contributed by atoms with van der Waals surface area (Å²) in [4.78, 5) is 7.09. The lowest BCUT2D eigenvalue weighted by Crippen LogP contribution is -2.15. The van der Waals surface area contributed by atoms with E-state index in [1.54, 1.807) is 12.1 Å². The highest BCUT2D eigenvalue weighted by Crippen LogP contribution is 2.28. The molecule has 0 spiro atoms. The van der Waals surface area contributed by atoms with Crippen LogP contribution in [-0.4, -0.2) is 18.4 Å². The number of rotatable bonds is 3. The van der Waals surface area contributed by atoms with Crippen molar-refractivity contribution in [1.82, 2.24) is 9.97 Å². The Kier molecular flexibility index (Phi) is 4.09. The van der Waals surface area contributed by atoms with Crippen LogP contribution in [0.5, 0.6) is 0 Å². The van der Waals surface area contributed by atoms with Gasteiger partial charge in [0.1, 0.15) is 23.0 Å². The molecule has 0 bridgehead atoms. The molecule has 9 heteroatoms. The lowest BCUT2D eigenvalue weighted by molar-refractivity contribution is 0.601. The van der Waals surface area contributed by atoms with E-state index in [0.29, 0.717) is 0 Å². The minimum absolute atomic E-state index is 0.00379. The average molecular weight is 329 g/mol. The van der Waals surface area contributed by atoms with Gasteiger partial charge in [0.05, 0.1) is 5.56 Å². The average Bonchev–Trinajstić information content (AvgIpc) is 2.43. The molecule has 0 aliphatic carbocycles. The number of hydrogen-bond donors (Lipinski definition) is 1. The molecule has 0 aliphatic heterocycles. The van der Waals surface area contributed by atoms with Gasteiger partial charge in [0.2, 0.25) is 0 Å². The third-order valence-corrected chi connectivity index (χ3v) is 4.27. The maximum atomic E-state index is 12.3. The number of benzene rings is 1. The maximum absolute atomic E-state index is 12.3. The van der Waals surface area contributed by atoms with Crippen molar-refractivity contribution >= 4 is 38.9 Å². The second kappa shape index (κ2) is 5.63. The Morgan fingerprint density at radius 2 is 1.75 bits per heavy atom. The van der Waals surface area contributed by atoms with E-state index in [0.717, 1.165) is 6.33 Å². The van der Waals surface area contributed by atoms with Crippen molar-refractivity contribution in [1.29, 1.82) is 5.26 Å². The van der Waals surface area contributed by atoms with Crippen LogP contribution in [0.25, 0.3) is 0 Å². The first-order valence-corrected chi connectivity index (χ1v) is 7.37. The van der Waals surface area contributed by atoms with E-state index in [1.807, 2.05) is 0 Å². The summed E-state index contributed by atoms with van der Waals surface area (Å²) in [6.07, 6.45) is 1.10. The standard InChI is InChI=1S/C11H6Cl2N4O2S/c12-10-9(11(13)16-6-15-10)17-20(18,19)8-4-2-1-3-7(8)5-14/h1-4,6,17H. The molecule has 0 aliphatic rings. The minimum atomic E-state index is -4.02. The third kappa shape index (κ3) is 2.82. The Morgan fingerprint density at radius 1 is 1.15 bits per heavy atom. The fourth-order valence-electron chi connectivity index (χ4n) is 1.41. The van der Waals surface area contributed by atoms with Gasteiger partial charge in [-0.15, -0.1) is 0 Å². The molecule has 1 aromatic carbocycles. The molecule has 20 heavy (non-hydrogen) atoms. The summed E-state index contributed by atoms with van der Waals surface area (Å²) in [5.41, 5.74) is -0.132. The summed E-state index contributed by atoms with van der Waals surface area (Å²) in [5.74, 6) is 0. The van der Waals surface area contributed by atoms with Crippen LogP contribution in [0.15, 0.2) is 35.5 Å². The predicted molar refractivity (Wildman–Crippen MR) is 74.0 cm³/mol. The van der Waals surface area contributed by atoms with Crippen LogP contribution in [0.3, 0.4) is 0 Å². The van der Waals surface area contributed by atoms with Crippen molar-refractivity contribution in [2.75, 3.05) is 4.72 Å². The Balaban J connectivity index is 2.50. The number of hydrogen-bond acceptors (Lipinski definition) is 5. The third-order valence-electron chi connectivity index (χ3n) is 2.29. The number of anilines is 1. The van der Waals surface area contributed by atoms with Gasteiger partial charge in [-0.2, -0.15) is 5.26 Å². The number of sulfonamides is 1. The molecular weight excluding hydrogens is 323 g/mol. The van der Waals surface area contributed by atoms with Crippen molar-refractivity contribution < 1.29 is 8.42 Å². The molecule has 1 aromatic heterocycles. The Hall–Kier alpha value is -1.88. The van der Waals surface area contributed by atoms with E-state index in [-0.39, 0.29) is 26.5 Å². The highest BCUT2D eigenvalue weighted by atomic mass is 35.5. The number of nitrogens with one attached hydrogen (secondary N) is 1. The normalized spacial score (nSPS) is 10.8. The van der Waals surface area contributed by atoms with E-state index in [1.165, 1.54) is 18.2 Å². The monoisotopic (exact) mass is 328 g/mol. The summed E-state index contributed by atoms with van der Waals surface area (Å²) in [5, 5.41) is 8.67. The summed E-state index contributed by atoms with van der Waals surface area (Å²) in [6.45, 7) is 0. The maximum Gasteiger partial charge on any atom is 0.263 e. The molecule has 1 N–H and O–H groups in total. The predicted octanol–water partition coefficient (Wildman–Crippen LogP) is 2.46. The van der Waals surface area contributed by atoms with Crippen molar-refractivity contribution in [3.63, 3.8) is 0 Å². The van der Waals surface area contributed by atoms with Crippen molar-refractivity contribution in [2.24, 2.45) is 0 Å². The molecule has 2 rings (SSSR count). The van der Waals surface area contributed by atoms with Crippen LogP contribution < -0.4 is 4.72 Å². The Bertz CT molecular complexity index is 782. The van der Waals surface area contributed by atoms with Crippen LogP contribution >= 0.6 is 23.2 Å². The number of aromatic nitrogens is 2. The Morgan fingerprint density at radius 3 is 2.35 bits per heavy atom. The van der Waals surface area contributed by atoms with Gasteiger partial charge in [-0.1, -0.05) is 35.3 Å². The SMILES string of the molecule is N#Cc1ccccc1S(=O)(=O)Nc1c(Cl)ncnc1Cl. The first-order chi connectivity index (χ1) is 9.45. The molecule has 0 saturated carbocycles. The zero-order valence-electron chi connectivity index (χ0n) is 9.71. The number of nitrogens with zero attached hydrogens (tertiary/aromatic N) is 3. The Labute approximate surface area is 125 Å². The molecule has 1 heterocycles. The van der Waals surface area contributed by atoms with E-state index in [9.17, 15) is 8.42 Å². The van der Waals surface area contributed by atoms with Crippen LogP contribution in [0.2, 0.25) is 10.3 Å². The lowest BCUT2D eigenvalue weighted by Gasteiger charge is -2.10. The van der Waals surface area contributed by atoms with Crippen LogP contribution in [0, 0.1) is 11.3 Å². The largest absolute Gasteiger partial charge is 0.274 e. The number of halogens is 2. The van der Waals surface area contributed by atoms with E-state index < -0.39 is 10.0 Å². The van der Waals surface area contributed by atoms with Gasteiger partial charge in [-0.05, 0) is 12.1 Å². The highest BCUT2D eigenvalue weighted by molar-refractivity contribution is 7.92. The van der Waals surface area contributed by atoms with Gasteiger partial charge in [0.15, 0.2) is 10.3 Å². The summed E-state index contributed by atoms with van der Waals surface area (Å²) < 4.78 is 26.7. The van der Waals surface area contributed by atoms with Crippen LogP contribution in [0.1, 0.15) is 5.56 Å². The summed E-state index contributed by atoms with van der Waals surface area (Å²) in [6, 6.07) is 7.55. The zero-order chi connectivity index (χ0) is 14.8. The second-order valence-corrected chi connectivity index (χ2v) is 5.91. The molecule has 0 amide bonds. The van der Waals surface area contributed by atoms with E-state index >= 15 is 0 Å².